The number of pyridine rings is 1. The van der Waals surface area contributed by atoms with Gasteiger partial charge in [-0.05, 0) is 75.5 Å². The van der Waals surface area contributed by atoms with Gasteiger partial charge in [-0.25, -0.2) is 19.3 Å². The van der Waals surface area contributed by atoms with Gasteiger partial charge >= 0.3 is 0 Å². The quantitative estimate of drug-likeness (QED) is 0.358. The molecule has 10 nitrogen and oxygen atoms in total. The Morgan fingerprint density at radius 2 is 1.95 bits per heavy atom. The Kier molecular flexibility index (Phi) is 6.67. The molecule has 2 N–H and O–H groups in total. The Labute approximate surface area is 233 Å². The molecule has 10 heteroatoms. The van der Waals surface area contributed by atoms with Crippen molar-refractivity contribution in [1.29, 1.82) is 0 Å². The van der Waals surface area contributed by atoms with Gasteiger partial charge in [-0.2, -0.15) is 4.98 Å². The number of aromatic nitrogens is 5. The number of benzene rings is 1. The lowest BCUT2D eigenvalue weighted by molar-refractivity contribution is 0.0339. The van der Waals surface area contributed by atoms with Crippen LogP contribution in [0.1, 0.15) is 36.6 Å². The number of nitrogens with one attached hydrogen (secondary N) is 1. The molecule has 1 fully saturated rings. The van der Waals surface area contributed by atoms with Crippen LogP contribution in [0.3, 0.4) is 0 Å². The summed E-state index contributed by atoms with van der Waals surface area (Å²) in [7, 11) is 2.16. The highest BCUT2D eigenvalue weighted by atomic mass is 16.3. The maximum absolute atomic E-state index is 13.4. The minimum absolute atomic E-state index is 0.222. The second kappa shape index (κ2) is 10.2. The number of rotatable bonds is 6. The molecule has 1 aliphatic heterocycles. The van der Waals surface area contributed by atoms with Crippen molar-refractivity contribution < 1.29 is 5.11 Å². The number of piperazine rings is 1. The first kappa shape index (κ1) is 26.2. The molecule has 0 amide bonds. The fraction of sp³-hybridized carbons (Fsp3) is 0.400. The maximum Gasteiger partial charge on any atom is 0.278 e. The molecular weight excluding hydrogens is 504 g/mol. The van der Waals surface area contributed by atoms with Crippen LogP contribution in [0.4, 0.5) is 17.3 Å². The molecule has 0 radical (unpaired) electrons. The third-order valence-electron chi connectivity index (χ3n) is 8.08. The Hall–Kier alpha value is -4.02. The summed E-state index contributed by atoms with van der Waals surface area (Å²) >= 11 is 0. The van der Waals surface area contributed by atoms with E-state index < -0.39 is 5.60 Å². The molecule has 1 saturated heterocycles. The van der Waals surface area contributed by atoms with Gasteiger partial charge in [0.1, 0.15) is 11.0 Å². The molecule has 0 bridgehead atoms. The van der Waals surface area contributed by atoms with Crippen molar-refractivity contribution in [3.63, 3.8) is 0 Å². The summed E-state index contributed by atoms with van der Waals surface area (Å²) in [5.74, 6) is 0.903. The van der Waals surface area contributed by atoms with E-state index in [1.165, 1.54) is 11.3 Å². The number of aryl methyl sites for hydroxylation is 2. The predicted molar refractivity (Wildman–Crippen MR) is 158 cm³/mol. The lowest BCUT2D eigenvalue weighted by Crippen LogP contribution is -2.44. The number of allylic oxidation sites excluding steroid dienone is 1. The predicted octanol–water partition coefficient (Wildman–Crippen LogP) is 3.51. The number of hydrogen-bond acceptors (Lipinski definition) is 8. The standard InChI is InChI=1S/C30H36N8O2/c1-5-13-37-28(39)23-19-31-29(32-22-9-10-24(20(2)18-22)36-16-14-35(4)15-17-36)34-27(23)38(37)25-11-8-21-7-6-12-30(3,40)26(21)33-25/h5,8-11,18-19,40H,1,6-7,12-17H2,2-4H3,(H,31,32,34)/t30-/m1/s1. The molecule has 3 aromatic heterocycles. The number of hydrogen-bond donors (Lipinski definition) is 2. The third-order valence-corrected chi connectivity index (χ3v) is 8.08. The lowest BCUT2D eigenvalue weighted by atomic mass is 9.84. The summed E-state index contributed by atoms with van der Waals surface area (Å²) in [5, 5.41) is 14.7. The molecule has 4 aromatic rings. The van der Waals surface area contributed by atoms with E-state index in [0.29, 0.717) is 34.9 Å². The molecule has 4 heterocycles. The lowest BCUT2D eigenvalue weighted by Gasteiger charge is -2.35. The molecule has 40 heavy (non-hydrogen) atoms. The van der Waals surface area contributed by atoms with E-state index in [4.69, 9.17) is 9.97 Å². The van der Waals surface area contributed by atoms with Crippen LogP contribution in [0, 0.1) is 6.92 Å². The normalized spacial score (nSPS) is 19.6. The van der Waals surface area contributed by atoms with Gasteiger partial charge in [0.25, 0.3) is 5.56 Å². The number of likely N-dealkylation sites (N-methyl/N-ethyl adjacent to an activating group) is 1. The minimum atomic E-state index is -1.02. The molecule has 2 aliphatic rings. The van der Waals surface area contributed by atoms with Crippen LogP contribution in [0.25, 0.3) is 16.9 Å². The Morgan fingerprint density at radius 1 is 1.15 bits per heavy atom. The van der Waals surface area contributed by atoms with E-state index in [1.54, 1.807) is 28.6 Å². The molecular formula is C30H36N8O2. The number of aliphatic hydroxyl groups is 1. The van der Waals surface area contributed by atoms with Crippen LogP contribution in [0.2, 0.25) is 0 Å². The van der Waals surface area contributed by atoms with E-state index in [9.17, 15) is 9.90 Å². The Bertz CT molecular complexity index is 1650. The van der Waals surface area contributed by atoms with Crippen molar-refractivity contribution in [2.45, 2.75) is 45.3 Å². The summed E-state index contributed by atoms with van der Waals surface area (Å²) < 4.78 is 3.26. The SMILES string of the molecule is C=CCn1c(=O)c2cnc(Nc3ccc(N4CCN(C)CC4)c(C)c3)nc2n1-c1ccc2c(n1)[C@](C)(O)CCC2. The van der Waals surface area contributed by atoms with Crippen molar-refractivity contribution in [3.8, 4) is 5.82 Å². The van der Waals surface area contributed by atoms with Crippen LogP contribution < -0.4 is 15.8 Å². The summed E-state index contributed by atoms with van der Waals surface area (Å²) in [6.07, 6.45) is 5.65. The van der Waals surface area contributed by atoms with Crippen LogP contribution in [-0.4, -0.2) is 67.5 Å². The minimum Gasteiger partial charge on any atom is -0.384 e. The first-order chi connectivity index (χ1) is 19.2. The van der Waals surface area contributed by atoms with Gasteiger partial charge in [0.15, 0.2) is 11.5 Å². The van der Waals surface area contributed by atoms with Gasteiger partial charge in [0.2, 0.25) is 5.95 Å². The fourth-order valence-corrected chi connectivity index (χ4v) is 5.88. The second-order valence-corrected chi connectivity index (χ2v) is 11.1. The van der Waals surface area contributed by atoms with Gasteiger partial charge in [-0.1, -0.05) is 12.1 Å². The first-order valence-electron chi connectivity index (χ1n) is 13.9. The van der Waals surface area contributed by atoms with Crippen molar-refractivity contribution >= 4 is 28.4 Å². The molecule has 0 unspecified atom stereocenters. The average Bonchev–Trinajstić information content (AvgIpc) is 3.20. The van der Waals surface area contributed by atoms with E-state index >= 15 is 0 Å². The smallest absolute Gasteiger partial charge is 0.278 e. The number of anilines is 3. The van der Waals surface area contributed by atoms with Gasteiger partial charge < -0.3 is 20.2 Å². The topological polar surface area (TPSA) is 104 Å². The van der Waals surface area contributed by atoms with E-state index in [2.05, 4.69) is 52.8 Å². The molecule has 0 saturated carbocycles. The number of fused-ring (bicyclic) bond motifs is 2. The fourth-order valence-electron chi connectivity index (χ4n) is 5.88. The van der Waals surface area contributed by atoms with E-state index in [1.807, 2.05) is 18.2 Å². The van der Waals surface area contributed by atoms with Gasteiger partial charge in [-0.3, -0.25) is 4.79 Å². The van der Waals surface area contributed by atoms with Crippen molar-refractivity contribution in [3.05, 3.63) is 76.4 Å². The molecule has 1 aromatic carbocycles. The van der Waals surface area contributed by atoms with Crippen LogP contribution in [0.5, 0.6) is 0 Å². The third kappa shape index (κ3) is 4.67. The largest absolute Gasteiger partial charge is 0.384 e. The van der Waals surface area contributed by atoms with Gasteiger partial charge in [0, 0.05) is 43.8 Å². The Balaban J connectivity index is 1.38. The molecule has 1 aliphatic carbocycles. The van der Waals surface area contributed by atoms with Crippen molar-refractivity contribution in [2.24, 2.45) is 0 Å². The monoisotopic (exact) mass is 540 g/mol. The second-order valence-electron chi connectivity index (χ2n) is 11.1. The molecule has 1 atom stereocenters. The summed E-state index contributed by atoms with van der Waals surface area (Å²) in [5.41, 5.74) is 4.16. The zero-order valence-corrected chi connectivity index (χ0v) is 23.4. The molecule has 208 valence electrons. The highest BCUT2D eigenvalue weighted by Gasteiger charge is 2.32. The van der Waals surface area contributed by atoms with E-state index in [0.717, 1.165) is 50.3 Å². The number of nitrogens with zero attached hydrogens (tertiary/aromatic N) is 7. The Morgan fingerprint density at radius 3 is 2.70 bits per heavy atom. The zero-order chi connectivity index (χ0) is 28.0. The van der Waals surface area contributed by atoms with Crippen LogP contribution >= 0.6 is 0 Å². The molecule has 6 rings (SSSR count). The maximum atomic E-state index is 13.4. The van der Waals surface area contributed by atoms with Crippen LogP contribution in [0.15, 0.2) is 54.0 Å². The van der Waals surface area contributed by atoms with Crippen LogP contribution in [-0.2, 0) is 18.6 Å². The zero-order valence-electron chi connectivity index (χ0n) is 23.4. The average molecular weight is 541 g/mol. The van der Waals surface area contributed by atoms with Gasteiger partial charge in [0.05, 0.1) is 12.2 Å². The van der Waals surface area contributed by atoms with E-state index in [-0.39, 0.29) is 12.1 Å². The highest BCUT2D eigenvalue weighted by molar-refractivity contribution is 5.77. The first-order valence-corrected chi connectivity index (χ1v) is 13.9. The summed E-state index contributed by atoms with van der Waals surface area (Å²) in [6, 6.07) is 10.2. The van der Waals surface area contributed by atoms with Crippen molar-refractivity contribution in [1.82, 2.24) is 29.2 Å². The van der Waals surface area contributed by atoms with Gasteiger partial charge in [-0.15, -0.1) is 6.58 Å². The van der Waals surface area contributed by atoms with Crippen molar-refractivity contribution in [2.75, 3.05) is 43.4 Å². The summed E-state index contributed by atoms with van der Waals surface area (Å²) in [6.45, 7) is 12.2. The summed E-state index contributed by atoms with van der Waals surface area (Å²) in [4.78, 5) is 32.2. The highest BCUT2D eigenvalue weighted by Crippen LogP contribution is 2.34. The molecule has 0 spiro atoms.